The highest BCUT2D eigenvalue weighted by Gasteiger charge is 2.47. The van der Waals surface area contributed by atoms with Crippen LogP contribution in [0.25, 0.3) is 0 Å². The zero-order valence-electron chi connectivity index (χ0n) is 12.9. The van der Waals surface area contributed by atoms with Crippen molar-refractivity contribution in [2.45, 2.75) is 51.3 Å². The van der Waals surface area contributed by atoms with Gasteiger partial charge >= 0.3 is 0 Å². The van der Waals surface area contributed by atoms with Crippen LogP contribution in [0.3, 0.4) is 0 Å². The Balaban J connectivity index is 2.46. The van der Waals surface area contributed by atoms with Gasteiger partial charge in [-0.15, -0.1) is 0 Å². The van der Waals surface area contributed by atoms with Crippen LogP contribution in [0.15, 0.2) is 12.3 Å². The summed E-state index contributed by atoms with van der Waals surface area (Å²) in [6.45, 7) is 5.49. The molecule has 0 spiro atoms. The van der Waals surface area contributed by atoms with Crippen LogP contribution in [-0.2, 0) is 21.7 Å². The summed E-state index contributed by atoms with van der Waals surface area (Å²) in [5.41, 5.74) is -0.245. The summed E-state index contributed by atoms with van der Waals surface area (Å²) in [5.74, 6) is -0.426. The predicted molar refractivity (Wildman–Crippen MR) is 75.8 cm³/mol. The van der Waals surface area contributed by atoms with Crippen molar-refractivity contribution in [3.63, 3.8) is 0 Å². The fourth-order valence-corrected chi connectivity index (χ4v) is 2.72. The van der Waals surface area contributed by atoms with Gasteiger partial charge in [0, 0.05) is 11.8 Å². The van der Waals surface area contributed by atoms with E-state index in [4.69, 9.17) is 14.2 Å². The van der Waals surface area contributed by atoms with Crippen molar-refractivity contribution < 1.29 is 24.4 Å². The zero-order valence-corrected chi connectivity index (χ0v) is 12.9. The molecule has 2 atom stereocenters. The van der Waals surface area contributed by atoms with Gasteiger partial charge in [-0.1, -0.05) is 6.92 Å². The van der Waals surface area contributed by atoms with E-state index in [9.17, 15) is 10.2 Å². The lowest BCUT2D eigenvalue weighted by molar-refractivity contribution is -0.173. The minimum absolute atomic E-state index is 0.272. The second kappa shape index (κ2) is 5.88. The Labute approximate surface area is 124 Å². The van der Waals surface area contributed by atoms with Crippen LogP contribution in [0.2, 0.25) is 0 Å². The van der Waals surface area contributed by atoms with Gasteiger partial charge in [-0.25, -0.2) is 4.98 Å². The Morgan fingerprint density at radius 1 is 1.52 bits per heavy atom. The third kappa shape index (κ3) is 2.89. The van der Waals surface area contributed by atoms with E-state index in [-0.39, 0.29) is 13.2 Å². The first-order chi connectivity index (χ1) is 9.88. The number of methoxy groups -OCH3 is 1. The number of hydrogen-bond donors (Lipinski definition) is 2. The minimum Gasteiger partial charge on any atom is -0.481 e. The Bertz CT molecular complexity index is 505. The molecule has 1 saturated heterocycles. The van der Waals surface area contributed by atoms with Crippen molar-refractivity contribution in [2.75, 3.05) is 13.7 Å². The fourth-order valence-electron chi connectivity index (χ4n) is 2.72. The maximum Gasteiger partial charge on any atom is 0.218 e. The summed E-state index contributed by atoms with van der Waals surface area (Å²) in [5, 5.41) is 20.8. The Morgan fingerprint density at radius 2 is 2.24 bits per heavy atom. The SMILES string of the molecule is CC[C@](O)(c1ccnc(OC)c1CO)[C@H]1COC(C)(C)O1. The first-order valence-electron chi connectivity index (χ1n) is 7.05. The fraction of sp³-hybridized carbons (Fsp3) is 0.667. The summed E-state index contributed by atoms with van der Waals surface area (Å²) in [7, 11) is 1.48. The molecule has 6 heteroatoms. The topological polar surface area (TPSA) is 81.0 Å². The van der Waals surface area contributed by atoms with Gasteiger partial charge in [-0.2, -0.15) is 0 Å². The molecule has 1 aliphatic heterocycles. The first-order valence-corrected chi connectivity index (χ1v) is 7.05. The molecule has 0 radical (unpaired) electrons. The molecule has 0 saturated carbocycles. The molecule has 0 unspecified atom stereocenters. The summed E-state index contributed by atoms with van der Waals surface area (Å²) < 4.78 is 16.5. The molecular formula is C15H23NO5. The highest BCUT2D eigenvalue weighted by atomic mass is 16.7. The maximum absolute atomic E-state index is 11.2. The third-order valence-electron chi connectivity index (χ3n) is 3.91. The van der Waals surface area contributed by atoms with E-state index in [1.54, 1.807) is 12.3 Å². The molecule has 2 N–H and O–H groups in total. The maximum atomic E-state index is 11.2. The molecule has 1 fully saturated rings. The zero-order chi connectivity index (χ0) is 15.7. The van der Waals surface area contributed by atoms with E-state index < -0.39 is 17.5 Å². The van der Waals surface area contributed by atoms with Crippen molar-refractivity contribution in [3.05, 3.63) is 23.4 Å². The van der Waals surface area contributed by atoms with Gasteiger partial charge in [0.2, 0.25) is 5.88 Å². The molecule has 0 aliphatic carbocycles. The Hall–Kier alpha value is -1.21. The van der Waals surface area contributed by atoms with Crippen LogP contribution in [-0.4, -0.2) is 40.8 Å². The van der Waals surface area contributed by atoms with Gasteiger partial charge in [-0.3, -0.25) is 0 Å². The van der Waals surface area contributed by atoms with Crippen LogP contribution in [0.4, 0.5) is 0 Å². The normalized spacial score (nSPS) is 23.8. The highest BCUT2D eigenvalue weighted by molar-refractivity contribution is 5.39. The molecule has 1 aromatic heterocycles. The van der Waals surface area contributed by atoms with Crippen molar-refractivity contribution >= 4 is 0 Å². The monoisotopic (exact) mass is 297 g/mol. The van der Waals surface area contributed by atoms with Gasteiger partial charge in [-0.05, 0) is 31.9 Å². The van der Waals surface area contributed by atoms with Gasteiger partial charge in [0.25, 0.3) is 0 Å². The number of hydrogen-bond acceptors (Lipinski definition) is 6. The lowest BCUT2D eigenvalue weighted by atomic mass is 9.83. The second-order valence-electron chi connectivity index (χ2n) is 5.60. The largest absolute Gasteiger partial charge is 0.481 e. The second-order valence-corrected chi connectivity index (χ2v) is 5.60. The average Bonchev–Trinajstić information content (AvgIpc) is 2.86. The number of aliphatic hydroxyl groups excluding tert-OH is 1. The quantitative estimate of drug-likeness (QED) is 0.853. The standard InChI is InChI=1S/C15H23NO5/c1-5-15(18,12-9-20-14(2,3)21-12)11-6-7-16-13(19-4)10(11)8-17/h6-7,12,17-18H,5,8-9H2,1-4H3/t12-,15+/m1/s1. The molecule has 0 aromatic carbocycles. The van der Waals surface area contributed by atoms with E-state index in [1.807, 2.05) is 20.8 Å². The number of aromatic nitrogens is 1. The molecule has 0 amide bonds. The van der Waals surface area contributed by atoms with Crippen LogP contribution in [0.1, 0.15) is 38.3 Å². The molecule has 21 heavy (non-hydrogen) atoms. The van der Waals surface area contributed by atoms with E-state index in [2.05, 4.69) is 4.98 Å². The van der Waals surface area contributed by atoms with Gasteiger partial charge in [0.1, 0.15) is 11.7 Å². The van der Waals surface area contributed by atoms with Crippen molar-refractivity contribution in [1.29, 1.82) is 0 Å². The van der Waals surface area contributed by atoms with E-state index in [0.717, 1.165) is 0 Å². The first kappa shape index (κ1) is 16.2. The summed E-state index contributed by atoms with van der Waals surface area (Å²) >= 11 is 0. The Kier molecular flexibility index (Phi) is 4.53. The number of aliphatic hydroxyl groups is 2. The smallest absolute Gasteiger partial charge is 0.218 e. The third-order valence-corrected chi connectivity index (χ3v) is 3.91. The highest BCUT2D eigenvalue weighted by Crippen LogP contribution is 2.40. The van der Waals surface area contributed by atoms with Gasteiger partial charge in [0.15, 0.2) is 5.79 Å². The molecule has 6 nitrogen and oxygen atoms in total. The van der Waals surface area contributed by atoms with E-state index in [0.29, 0.717) is 23.4 Å². The summed E-state index contributed by atoms with van der Waals surface area (Å²) in [6, 6.07) is 1.69. The lowest BCUT2D eigenvalue weighted by Crippen LogP contribution is -2.42. The molecule has 1 aliphatic rings. The van der Waals surface area contributed by atoms with E-state index >= 15 is 0 Å². The van der Waals surface area contributed by atoms with Gasteiger partial charge in [0.05, 0.1) is 20.3 Å². The van der Waals surface area contributed by atoms with Crippen molar-refractivity contribution in [3.8, 4) is 5.88 Å². The average molecular weight is 297 g/mol. The van der Waals surface area contributed by atoms with Crippen LogP contribution >= 0.6 is 0 Å². The predicted octanol–water partition coefficient (Wildman–Crippen LogP) is 1.33. The molecule has 1 aromatic rings. The number of rotatable bonds is 5. The summed E-state index contributed by atoms with van der Waals surface area (Å²) in [6.07, 6.45) is 1.45. The van der Waals surface area contributed by atoms with Crippen LogP contribution in [0, 0.1) is 0 Å². The Morgan fingerprint density at radius 3 is 2.71 bits per heavy atom. The number of ether oxygens (including phenoxy) is 3. The van der Waals surface area contributed by atoms with Crippen LogP contribution < -0.4 is 4.74 Å². The number of nitrogens with zero attached hydrogens (tertiary/aromatic N) is 1. The molecule has 118 valence electrons. The molecule has 2 heterocycles. The van der Waals surface area contributed by atoms with E-state index in [1.165, 1.54) is 7.11 Å². The molecule has 0 bridgehead atoms. The number of pyridine rings is 1. The molecular weight excluding hydrogens is 274 g/mol. The summed E-state index contributed by atoms with van der Waals surface area (Å²) in [4.78, 5) is 4.07. The molecule has 2 rings (SSSR count). The van der Waals surface area contributed by atoms with Crippen LogP contribution in [0.5, 0.6) is 5.88 Å². The van der Waals surface area contributed by atoms with Gasteiger partial charge < -0.3 is 24.4 Å². The minimum atomic E-state index is -1.28. The van der Waals surface area contributed by atoms with Crippen molar-refractivity contribution in [2.24, 2.45) is 0 Å². The lowest BCUT2D eigenvalue weighted by Gasteiger charge is -2.34. The van der Waals surface area contributed by atoms with Crippen molar-refractivity contribution in [1.82, 2.24) is 4.98 Å².